The Morgan fingerprint density at radius 1 is 1.03 bits per heavy atom. The Hall–Kier alpha value is -4.79. The van der Waals surface area contributed by atoms with E-state index >= 15 is 0 Å². The van der Waals surface area contributed by atoms with E-state index in [1.165, 1.54) is 17.7 Å². The predicted molar refractivity (Wildman–Crippen MR) is 141 cm³/mol. The number of nitro benzene ring substituents is 1. The van der Waals surface area contributed by atoms with Crippen LogP contribution in [0.2, 0.25) is 0 Å². The number of anilines is 1. The van der Waals surface area contributed by atoms with E-state index in [0.717, 1.165) is 30.5 Å². The van der Waals surface area contributed by atoms with Gasteiger partial charge in [-0.25, -0.2) is 0 Å². The van der Waals surface area contributed by atoms with Crippen molar-refractivity contribution in [3.8, 4) is 17.0 Å². The van der Waals surface area contributed by atoms with Crippen molar-refractivity contribution in [3.05, 3.63) is 99.8 Å². The first-order valence-corrected chi connectivity index (χ1v) is 12.0. The number of carbonyl (C=O) groups is 1. The maximum absolute atomic E-state index is 12.9. The third-order valence-corrected chi connectivity index (χ3v) is 6.16. The predicted octanol–water partition coefficient (Wildman–Crippen LogP) is 6.49. The second kappa shape index (κ2) is 10.1. The summed E-state index contributed by atoms with van der Waals surface area (Å²) >= 11 is 0. The molecule has 5 rings (SSSR count). The highest BCUT2D eigenvalue weighted by molar-refractivity contribution is 6.04. The van der Waals surface area contributed by atoms with Crippen LogP contribution >= 0.6 is 0 Å². The average molecular weight is 496 g/mol. The molecule has 0 aliphatic carbocycles. The van der Waals surface area contributed by atoms with Crippen LogP contribution < -0.4 is 5.32 Å². The summed E-state index contributed by atoms with van der Waals surface area (Å²) in [7, 11) is 0. The summed E-state index contributed by atoms with van der Waals surface area (Å²) in [4.78, 5) is 25.4. The average Bonchev–Trinajstić information content (AvgIpc) is 3.55. The molecule has 0 unspecified atom stereocenters. The number of aromatic nitrogens is 3. The Bertz CT molecular complexity index is 1600. The van der Waals surface area contributed by atoms with Crippen LogP contribution in [0.3, 0.4) is 0 Å². The van der Waals surface area contributed by atoms with Crippen LogP contribution in [0.4, 0.5) is 11.4 Å². The number of carbonyl (C=O) groups excluding carboxylic acids is 1. The monoisotopic (exact) mass is 495 g/mol. The number of benzene rings is 3. The molecule has 0 saturated heterocycles. The van der Waals surface area contributed by atoms with E-state index in [2.05, 4.69) is 34.6 Å². The molecule has 1 N–H and O–H groups in total. The molecule has 5 aromatic rings. The highest BCUT2D eigenvalue weighted by Crippen LogP contribution is 2.31. The Morgan fingerprint density at radius 3 is 2.49 bits per heavy atom. The van der Waals surface area contributed by atoms with Gasteiger partial charge >= 0.3 is 0 Å². The lowest BCUT2D eigenvalue weighted by Crippen LogP contribution is -2.11. The van der Waals surface area contributed by atoms with E-state index in [0.29, 0.717) is 22.3 Å². The fourth-order valence-electron chi connectivity index (χ4n) is 4.12. The summed E-state index contributed by atoms with van der Waals surface area (Å²) < 4.78 is 5.67. The first kappa shape index (κ1) is 23.9. The number of rotatable bonds is 8. The number of unbranched alkanes of at least 4 members (excludes halogenated alkanes) is 1. The molecule has 37 heavy (non-hydrogen) atoms. The third kappa shape index (κ3) is 4.97. The minimum atomic E-state index is -0.482. The summed E-state index contributed by atoms with van der Waals surface area (Å²) in [6.07, 6.45) is 3.36. The lowest BCUT2D eigenvalue weighted by Gasteiger charge is -2.06. The zero-order chi connectivity index (χ0) is 25.9. The summed E-state index contributed by atoms with van der Waals surface area (Å²) in [5, 5.41) is 23.4. The van der Waals surface area contributed by atoms with Crippen molar-refractivity contribution in [2.24, 2.45) is 0 Å². The third-order valence-electron chi connectivity index (χ3n) is 6.16. The maximum Gasteiger partial charge on any atom is 0.291 e. The SMILES string of the molecule is CCCCc1ccc(-n2nc3cc(C)c(NC(=O)c4ccc(-c5ccccc5[N+](=O)[O-])o4)cc3n2)cc1. The molecule has 0 bridgehead atoms. The van der Waals surface area contributed by atoms with Crippen molar-refractivity contribution >= 4 is 28.3 Å². The number of nitro groups is 1. The Kier molecular flexibility index (Phi) is 6.51. The fraction of sp³-hybridized carbons (Fsp3) is 0.179. The van der Waals surface area contributed by atoms with Gasteiger partial charge in [0.05, 0.1) is 16.2 Å². The van der Waals surface area contributed by atoms with Gasteiger partial charge < -0.3 is 9.73 Å². The second-order valence-corrected chi connectivity index (χ2v) is 8.81. The highest BCUT2D eigenvalue weighted by Gasteiger charge is 2.20. The molecule has 0 aliphatic rings. The van der Waals surface area contributed by atoms with Gasteiger partial charge in [0.25, 0.3) is 11.6 Å². The molecule has 9 heteroatoms. The summed E-state index contributed by atoms with van der Waals surface area (Å²) in [5.41, 5.74) is 5.08. The van der Waals surface area contributed by atoms with Crippen LogP contribution in [-0.2, 0) is 6.42 Å². The summed E-state index contributed by atoms with van der Waals surface area (Å²) in [6, 6.07) is 21.1. The quantitative estimate of drug-likeness (QED) is 0.194. The molecule has 1 amide bonds. The van der Waals surface area contributed by atoms with Crippen LogP contribution in [0.5, 0.6) is 0 Å². The van der Waals surface area contributed by atoms with Gasteiger partial charge in [0.1, 0.15) is 16.8 Å². The lowest BCUT2D eigenvalue weighted by molar-refractivity contribution is -0.384. The number of aryl methyl sites for hydroxylation is 2. The van der Waals surface area contributed by atoms with Gasteiger partial charge in [-0.2, -0.15) is 4.80 Å². The molecule has 2 aromatic heterocycles. The standard InChI is InChI=1S/C28H25N5O4/c1-3-4-7-19-10-12-20(13-11-19)32-30-23-16-18(2)22(17-24(23)31-32)29-28(34)27-15-14-26(37-27)21-8-5-6-9-25(21)33(35)36/h5-6,8-17H,3-4,7H2,1-2H3,(H,29,34). The van der Waals surface area contributed by atoms with E-state index in [9.17, 15) is 14.9 Å². The lowest BCUT2D eigenvalue weighted by atomic mass is 10.1. The van der Waals surface area contributed by atoms with E-state index in [1.54, 1.807) is 35.1 Å². The van der Waals surface area contributed by atoms with Crippen LogP contribution in [0, 0.1) is 17.0 Å². The number of nitrogens with zero attached hydrogens (tertiary/aromatic N) is 4. The Labute approximate surface area is 212 Å². The number of amides is 1. The molecule has 9 nitrogen and oxygen atoms in total. The van der Waals surface area contributed by atoms with E-state index in [-0.39, 0.29) is 17.2 Å². The zero-order valence-corrected chi connectivity index (χ0v) is 20.5. The zero-order valence-electron chi connectivity index (χ0n) is 20.5. The second-order valence-electron chi connectivity index (χ2n) is 8.81. The number of hydrogen-bond acceptors (Lipinski definition) is 6. The molecule has 0 radical (unpaired) electrons. The highest BCUT2D eigenvalue weighted by atomic mass is 16.6. The van der Waals surface area contributed by atoms with Crippen LogP contribution in [0.15, 0.2) is 77.2 Å². The molecular weight excluding hydrogens is 470 g/mol. The van der Waals surface area contributed by atoms with Gasteiger partial charge in [0, 0.05) is 11.8 Å². The van der Waals surface area contributed by atoms with E-state index < -0.39 is 10.8 Å². The molecule has 0 fully saturated rings. The van der Waals surface area contributed by atoms with Gasteiger partial charge in [-0.1, -0.05) is 37.6 Å². The smallest absolute Gasteiger partial charge is 0.291 e. The molecular formula is C28H25N5O4. The van der Waals surface area contributed by atoms with Gasteiger partial charge in [0.2, 0.25) is 0 Å². The number of hydrogen-bond donors (Lipinski definition) is 1. The Balaban J connectivity index is 1.36. The van der Waals surface area contributed by atoms with Crippen molar-refractivity contribution in [1.82, 2.24) is 15.0 Å². The molecule has 0 saturated carbocycles. The fourth-order valence-corrected chi connectivity index (χ4v) is 4.12. The molecule has 0 atom stereocenters. The van der Waals surface area contributed by atoms with E-state index in [1.807, 2.05) is 25.1 Å². The van der Waals surface area contributed by atoms with Gasteiger partial charge in [-0.05, 0) is 73.4 Å². The number of nitrogens with one attached hydrogen (secondary N) is 1. The van der Waals surface area contributed by atoms with Crippen molar-refractivity contribution in [2.75, 3.05) is 5.32 Å². The largest absolute Gasteiger partial charge is 0.451 e. The number of fused-ring (bicyclic) bond motifs is 1. The molecule has 0 aliphatic heterocycles. The van der Waals surface area contributed by atoms with Crippen molar-refractivity contribution in [3.63, 3.8) is 0 Å². The molecule has 186 valence electrons. The van der Waals surface area contributed by atoms with Crippen LogP contribution in [0.1, 0.15) is 41.4 Å². The number of furan rings is 1. The van der Waals surface area contributed by atoms with Gasteiger partial charge in [0.15, 0.2) is 5.76 Å². The molecule has 2 heterocycles. The summed E-state index contributed by atoms with van der Waals surface area (Å²) in [5.74, 6) is -0.185. The first-order chi connectivity index (χ1) is 17.9. The Morgan fingerprint density at radius 2 is 1.76 bits per heavy atom. The topological polar surface area (TPSA) is 116 Å². The van der Waals surface area contributed by atoms with Gasteiger partial charge in [-0.3, -0.25) is 14.9 Å². The normalized spacial score (nSPS) is 11.1. The van der Waals surface area contributed by atoms with Gasteiger partial charge in [-0.15, -0.1) is 10.2 Å². The van der Waals surface area contributed by atoms with Crippen molar-refractivity contribution in [1.29, 1.82) is 0 Å². The maximum atomic E-state index is 12.9. The first-order valence-electron chi connectivity index (χ1n) is 12.0. The van der Waals surface area contributed by atoms with Crippen LogP contribution in [-0.4, -0.2) is 25.8 Å². The summed E-state index contributed by atoms with van der Waals surface area (Å²) in [6.45, 7) is 4.05. The van der Waals surface area contributed by atoms with Crippen LogP contribution in [0.25, 0.3) is 28.0 Å². The van der Waals surface area contributed by atoms with E-state index in [4.69, 9.17) is 4.42 Å². The minimum Gasteiger partial charge on any atom is -0.451 e. The molecule has 0 spiro atoms. The minimum absolute atomic E-state index is 0.0412. The van der Waals surface area contributed by atoms with Crippen molar-refractivity contribution in [2.45, 2.75) is 33.1 Å². The van der Waals surface area contributed by atoms with Crippen molar-refractivity contribution < 1.29 is 14.1 Å². The number of para-hydroxylation sites is 1. The molecule has 3 aromatic carbocycles.